The molecule has 0 aliphatic rings. The monoisotopic (exact) mass is 198 g/mol. The molecule has 1 N–H and O–H groups in total. The molecule has 1 atom stereocenters. The van der Waals surface area contributed by atoms with E-state index in [2.05, 4.69) is 4.18 Å². The Labute approximate surface area is 79.5 Å². The SMILES string of the molecule is CC(=COS(=O)O)c1ccccc1. The second kappa shape index (κ2) is 4.79. The van der Waals surface area contributed by atoms with E-state index in [1.54, 1.807) is 0 Å². The summed E-state index contributed by atoms with van der Waals surface area (Å²) in [5, 5.41) is 0. The summed E-state index contributed by atoms with van der Waals surface area (Å²) < 4.78 is 23.0. The third-order valence-corrected chi connectivity index (χ3v) is 1.80. The predicted octanol–water partition coefficient (Wildman–Crippen LogP) is 2.20. The van der Waals surface area contributed by atoms with Crippen molar-refractivity contribution in [2.75, 3.05) is 0 Å². The van der Waals surface area contributed by atoms with E-state index < -0.39 is 11.4 Å². The molecule has 3 nitrogen and oxygen atoms in total. The summed E-state index contributed by atoms with van der Waals surface area (Å²) >= 11 is -2.24. The largest absolute Gasteiger partial charge is 0.388 e. The second-order valence-corrected chi connectivity index (χ2v) is 3.11. The van der Waals surface area contributed by atoms with E-state index in [9.17, 15) is 4.21 Å². The third kappa shape index (κ3) is 3.40. The van der Waals surface area contributed by atoms with Crippen molar-refractivity contribution in [3.05, 3.63) is 42.2 Å². The lowest BCUT2D eigenvalue weighted by atomic mass is 10.1. The first-order chi connectivity index (χ1) is 6.20. The zero-order valence-corrected chi connectivity index (χ0v) is 7.95. The highest BCUT2D eigenvalue weighted by molar-refractivity contribution is 7.74. The summed E-state index contributed by atoms with van der Waals surface area (Å²) in [6.07, 6.45) is 1.27. The van der Waals surface area contributed by atoms with Crippen LogP contribution in [0.4, 0.5) is 0 Å². The molecular weight excluding hydrogens is 188 g/mol. The number of hydrogen-bond acceptors (Lipinski definition) is 2. The fourth-order valence-corrected chi connectivity index (χ4v) is 1.11. The lowest BCUT2D eigenvalue weighted by Crippen LogP contribution is -1.88. The number of allylic oxidation sites excluding steroid dienone is 1. The molecular formula is C9H10O3S. The van der Waals surface area contributed by atoms with Gasteiger partial charge in [0.25, 0.3) is 0 Å². The normalized spacial score (nSPS) is 13.8. The maximum Gasteiger partial charge on any atom is 0.356 e. The van der Waals surface area contributed by atoms with Gasteiger partial charge in [-0.15, -0.1) is 0 Å². The minimum atomic E-state index is -2.24. The molecule has 1 aromatic rings. The molecule has 1 rings (SSSR count). The lowest BCUT2D eigenvalue weighted by Gasteiger charge is -1.99. The van der Waals surface area contributed by atoms with Crippen molar-refractivity contribution >= 4 is 16.9 Å². The summed E-state index contributed by atoms with van der Waals surface area (Å²) in [4.78, 5) is 0. The van der Waals surface area contributed by atoms with E-state index >= 15 is 0 Å². The highest BCUT2D eigenvalue weighted by atomic mass is 32.2. The average Bonchev–Trinajstić information content (AvgIpc) is 2.15. The van der Waals surface area contributed by atoms with Crippen LogP contribution in [0.2, 0.25) is 0 Å². The smallest absolute Gasteiger partial charge is 0.356 e. The number of hydrogen-bond donors (Lipinski definition) is 1. The molecule has 1 aromatic carbocycles. The van der Waals surface area contributed by atoms with Crippen molar-refractivity contribution in [3.8, 4) is 0 Å². The Hall–Kier alpha value is -1.13. The molecule has 0 amide bonds. The van der Waals surface area contributed by atoms with Gasteiger partial charge in [0.05, 0.1) is 0 Å². The minimum absolute atomic E-state index is 0.808. The van der Waals surface area contributed by atoms with Crippen LogP contribution in [0, 0.1) is 0 Å². The Balaban J connectivity index is 2.73. The summed E-state index contributed by atoms with van der Waals surface area (Å²) in [5.74, 6) is 0. The van der Waals surface area contributed by atoms with Gasteiger partial charge in [0.15, 0.2) is 0 Å². The van der Waals surface area contributed by atoms with Crippen LogP contribution in [0.1, 0.15) is 12.5 Å². The van der Waals surface area contributed by atoms with Crippen molar-refractivity contribution in [1.82, 2.24) is 0 Å². The highest BCUT2D eigenvalue weighted by Gasteiger charge is 1.95. The molecule has 70 valence electrons. The van der Waals surface area contributed by atoms with E-state index in [1.165, 1.54) is 6.26 Å². The molecule has 0 bridgehead atoms. The molecule has 4 heteroatoms. The van der Waals surface area contributed by atoms with E-state index in [0.29, 0.717) is 0 Å². The maximum atomic E-state index is 10.2. The highest BCUT2D eigenvalue weighted by Crippen LogP contribution is 2.12. The van der Waals surface area contributed by atoms with E-state index in [0.717, 1.165) is 11.1 Å². The van der Waals surface area contributed by atoms with Crippen LogP contribution in [0.15, 0.2) is 36.6 Å². The van der Waals surface area contributed by atoms with Crippen molar-refractivity contribution in [3.63, 3.8) is 0 Å². The molecule has 0 spiro atoms. The maximum absolute atomic E-state index is 10.2. The van der Waals surface area contributed by atoms with Gasteiger partial charge in [-0.3, -0.25) is 4.55 Å². The van der Waals surface area contributed by atoms with Crippen molar-refractivity contribution in [2.24, 2.45) is 0 Å². The van der Waals surface area contributed by atoms with Gasteiger partial charge < -0.3 is 4.18 Å². The first kappa shape index (κ1) is 9.95. The van der Waals surface area contributed by atoms with Gasteiger partial charge in [-0.1, -0.05) is 30.3 Å². The fourth-order valence-electron chi connectivity index (χ4n) is 0.882. The quantitative estimate of drug-likeness (QED) is 0.598. The van der Waals surface area contributed by atoms with Crippen LogP contribution in [0.25, 0.3) is 5.57 Å². The van der Waals surface area contributed by atoms with E-state index in [4.69, 9.17) is 4.55 Å². The van der Waals surface area contributed by atoms with E-state index in [-0.39, 0.29) is 0 Å². The first-order valence-electron chi connectivity index (χ1n) is 3.70. The Morgan fingerprint density at radius 3 is 2.62 bits per heavy atom. The third-order valence-electron chi connectivity index (χ3n) is 1.54. The van der Waals surface area contributed by atoms with Crippen LogP contribution in [-0.2, 0) is 15.5 Å². The molecule has 0 aliphatic carbocycles. The van der Waals surface area contributed by atoms with Crippen LogP contribution in [0.3, 0.4) is 0 Å². The van der Waals surface area contributed by atoms with Crippen molar-refractivity contribution in [2.45, 2.75) is 6.92 Å². The summed E-state index contributed by atoms with van der Waals surface area (Å²) in [6.45, 7) is 1.81. The summed E-state index contributed by atoms with van der Waals surface area (Å²) in [5.41, 5.74) is 1.77. The molecule has 0 radical (unpaired) electrons. The molecule has 1 unspecified atom stereocenters. The zero-order valence-electron chi connectivity index (χ0n) is 7.14. The van der Waals surface area contributed by atoms with Crippen LogP contribution >= 0.6 is 0 Å². The Morgan fingerprint density at radius 1 is 1.46 bits per heavy atom. The predicted molar refractivity (Wildman–Crippen MR) is 51.9 cm³/mol. The van der Waals surface area contributed by atoms with Crippen LogP contribution in [0.5, 0.6) is 0 Å². The van der Waals surface area contributed by atoms with Crippen molar-refractivity contribution in [1.29, 1.82) is 0 Å². The van der Waals surface area contributed by atoms with Gasteiger partial charge in [0, 0.05) is 0 Å². The molecule has 0 fully saturated rings. The number of rotatable bonds is 3. The Kier molecular flexibility index (Phi) is 3.67. The molecule has 0 aliphatic heterocycles. The molecule has 0 heterocycles. The minimum Gasteiger partial charge on any atom is -0.388 e. The summed E-state index contributed by atoms with van der Waals surface area (Å²) in [7, 11) is 0. The lowest BCUT2D eigenvalue weighted by molar-refractivity contribution is 0.420. The molecule has 0 saturated carbocycles. The Bertz CT molecular complexity index is 319. The van der Waals surface area contributed by atoms with Crippen LogP contribution in [-0.4, -0.2) is 8.76 Å². The number of benzene rings is 1. The first-order valence-corrected chi connectivity index (χ1v) is 4.73. The van der Waals surface area contributed by atoms with Crippen molar-refractivity contribution < 1.29 is 12.9 Å². The topological polar surface area (TPSA) is 46.5 Å². The standard InChI is InChI=1S/C9H10O3S/c1-8(7-12-13(10)11)9-5-3-2-4-6-9/h2-7H,1H3,(H,10,11). The van der Waals surface area contributed by atoms with Gasteiger partial charge in [0.2, 0.25) is 0 Å². The molecule has 13 heavy (non-hydrogen) atoms. The van der Waals surface area contributed by atoms with Gasteiger partial charge in [-0.05, 0) is 18.1 Å². The van der Waals surface area contributed by atoms with Gasteiger partial charge in [-0.25, -0.2) is 0 Å². The Morgan fingerprint density at radius 2 is 2.08 bits per heavy atom. The average molecular weight is 198 g/mol. The van der Waals surface area contributed by atoms with Crippen LogP contribution < -0.4 is 0 Å². The van der Waals surface area contributed by atoms with E-state index in [1.807, 2.05) is 37.3 Å². The van der Waals surface area contributed by atoms with Gasteiger partial charge in [0.1, 0.15) is 6.26 Å². The molecule has 0 aromatic heterocycles. The molecule has 0 saturated heterocycles. The fraction of sp³-hybridized carbons (Fsp3) is 0.111. The zero-order chi connectivity index (χ0) is 9.68. The van der Waals surface area contributed by atoms with Gasteiger partial charge >= 0.3 is 11.4 Å². The summed E-state index contributed by atoms with van der Waals surface area (Å²) in [6, 6.07) is 9.48. The second-order valence-electron chi connectivity index (χ2n) is 2.48. The van der Waals surface area contributed by atoms with Gasteiger partial charge in [-0.2, -0.15) is 4.21 Å².